The van der Waals surface area contributed by atoms with Gasteiger partial charge in [0.2, 0.25) is 0 Å². The average Bonchev–Trinajstić information content (AvgIpc) is 2.76. The molecular formula is C14H25N3O2. The molecule has 108 valence electrons. The summed E-state index contributed by atoms with van der Waals surface area (Å²) in [7, 11) is 1.93. The minimum absolute atomic E-state index is 0.158. The van der Waals surface area contributed by atoms with Crippen LogP contribution in [0, 0.1) is 5.41 Å². The molecule has 2 heterocycles. The molecule has 3 aliphatic rings. The summed E-state index contributed by atoms with van der Waals surface area (Å²) in [5.74, 6) is 0. The summed E-state index contributed by atoms with van der Waals surface area (Å²) < 4.78 is 5.36. The number of carbonyl (C=O) groups excluding carboxylic acids is 1. The molecule has 5 nitrogen and oxygen atoms in total. The summed E-state index contributed by atoms with van der Waals surface area (Å²) in [4.78, 5) is 16.5. The van der Waals surface area contributed by atoms with E-state index in [1.807, 2.05) is 16.8 Å². The van der Waals surface area contributed by atoms with E-state index in [1.165, 1.54) is 19.3 Å². The van der Waals surface area contributed by atoms with Crippen molar-refractivity contribution in [2.24, 2.45) is 11.1 Å². The van der Waals surface area contributed by atoms with Crippen LogP contribution in [0.3, 0.4) is 0 Å². The molecule has 19 heavy (non-hydrogen) atoms. The van der Waals surface area contributed by atoms with E-state index < -0.39 is 0 Å². The van der Waals surface area contributed by atoms with Crippen molar-refractivity contribution in [1.29, 1.82) is 0 Å². The number of nitrogens with two attached hydrogens (primary N) is 1. The molecule has 2 aliphatic heterocycles. The Morgan fingerprint density at radius 1 is 1.37 bits per heavy atom. The number of rotatable bonds is 1. The van der Waals surface area contributed by atoms with Gasteiger partial charge in [-0.25, -0.2) is 4.79 Å². The number of likely N-dealkylation sites (tertiary alicyclic amines) is 1. The van der Waals surface area contributed by atoms with Crippen molar-refractivity contribution in [3.8, 4) is 0 Å². The van der Waals surface area contributed by atoms with E-state index in [-0.39, 0.29) is 17.5 Å². The number of nitrogens with zero attached hydrogens (tertiary/aromatic N) is 2. The van der Waals surface area contributed by atoms with Crippen LogP contribution in [0.15, 0.2) is 0 Å². The molecule has 2 saturated heterocycles. The lowest BCUT2D eigenvalue weighted by molar-refractivity contribution is 0.0460. The van der Waals surface area contributed by atoms with Gasteiger partial charge in [0.05, 0.1) is 0 Å². The van der Waals surface area contributed by atoms with Crippen LogP contribution in [0.5, 0.6) is 0 Å². The Balaban J connectivity index is 1.61. The summed E-state index contributed by atoms with van der Waals surface area (Å²) in [5.41, 5.74) is 6.49. The van der Waals surface area contributed by atoms with Gasteiger partial charge in [0.1, 0.15) is 0 Å². The summed E-state index contributed by atoms with van der Waals surface area (Å²) >= 11 is 0. The fraction of sp³-hybridized carbons (Fsp3) is 0.929. The Hall–Kier alpha value is -0.810. The summed E-state index contributed by atoms with van der Waals surface area (Å²) in [5, 5.41) is 0. The molecule has 1 atom stereocenters. The average molecular weight is 267 g/mol. The van der Waals surface area contributed by atoms with Gasteiger partial charge in [-0.3, -0.25) is 0 Å². The number of hydrogen-bond acceptors (Lipinski definition) is 3. The van der Waals surface area contributed by atoms with E-state index in [2.05, 4.69) is 0 Å². The molecule has 5 heteroatoms. The highest BCUT2D eigenvalue weighted by Crippen LogP contribution is 2.47. The van der Waals surface area contributed by atoms with Gasteiger partial charge in [0, 0.05) is 50.8 Å². The second-order valence-electron chi connectivity index (χ2n) is 6.44. The number of amides is 2. The van der Waals surface area contributed by atoms with Gasteiger partial charge >= 0.3 is 6.03 Å². The van der Waals surface area contributed by atoms with E-state index in [0.717, 1.165) is 39.1 Å². The zero-order valence-electron chi connectivity index (χ0n) is 11.8. The maximum absolute atomic E-state index is 12.6. The Morgan fingerprint density at radius 2 is 2.05 bits per heavy atom. The molecule has 0 radical (unpaired) electrons. The van der Waals surface area contributed by atoms with Crippen molar-refractivity contribution >= 4 is 6.03 Å². The van der Waals surface area contributed by atoms with E-state index in [0.29, 0.717) is 6.04 Å². The van der Waals surface area contributed by atoms with Crippen LogP contribution in [-0.4, -0.2) is 61.3 Å². The molecular weight excluding hydrogens is 242 g/mol. The van der Waals surface area contributed by atoms with Gasteiger partial charge in [0.25, 0.3) is 0 Å². The Labute approximate surface area is 115 Å². The van der Waals surface area contributed by atoms with Crippen molar-refractivity contribution in [2.45, 2.75) is 44.2 Å². The maximum Gasteiger partial charge on any atom is 0.320 e. The number of urea groups is 1. The predicted molar refractivity (Wildman–Crippen MR) is 72.8 cm³/mol. The van der Waals surface area contributed by atoms with Crippen LogP contribution >= 0.6 is 0 Å². The van der Waals surface area contributed by atoms with Crippen molar-refractivity contribution in [1.82, 2.24) is 9.80 Å². The lowest BCUT2D eigenvalue weighted by Gasteiger charge is -2.41. The zero-order valence-corrected chi connectivity index (χ0v) is 11.8. The van der Waals surface area contributed by atoms with Gasteiger partial charge in [-0.15, -0.1) is 0 Å². The first-order chi connectivity index (χ1) is 9.12. The highest BCUT2D eigenvalue weighted by atomic mass is 16.5. The van der Waals surface area contributed by atoms with Crippen molar-refractivity contribution in [2.75, 3.05) is 33.4 Å². The first-order valence-electron chi connectivity index (χ1n) is 7.47. The fourth-order valence-electron chi connectivity index (χ4n) is 3.75. The SMILES string of the molecule is CN(C(=O)N1CC(N)C2(CCC2)C1)C1CCOCC1. The van der Waals surface area contributed by atoms with Crippen molar-refractivity contribution < 1.29 is 9.53 Å². The Bertz CT molecular complexity index is 351. The molecule has 0 aromatic carbocycles. The molecule has 1 unspecified atom stereocenters. The highest BCUT2D eigenvalue weighted by Gasteiger charge is 2.50. The fourth-order valence-corrected chi connectivity index (χ4v) is 3.75. The number of ether oxygens (including phenoxy) is 1. The third kappa shape index (κ3) is 2.23. The molecule has 0 bridgehead atoms. The van der Waals surface area contributed by atoms with Crippen LogP contribution in [0.4, 0.5) is 4.79 Å². The van der Waals surface area contributed by atoms with Crippen LogP contribution in [0.25, 0.3) is 0 Å². The van der Waals surface area contributed by atoms with E-state index in [4.69, 9.17) is 10.5 Å². The lowest BCUT2D eigenvalue weighted by Crippen LogP contribution is -2.48. The molecule has 1 aliphatic carbocycles. The second kappa shape index (κ2) is 4.94. The van der Waals surface area contributed by atoms with Gasteiger partial charge in [0.15, 0.2) is 0 Å². The summed E-state index contributed by atoms with van der Waals surface area (Å²) in [6.07, 6.45) is 5.56. The third-order valence-corrected chi connectivity index (χ3v) is 5.37. The quantitative estimate of drug-likeness (QED) is 0.772. The molecule has 3 fully saturated rings. The number of hydrogen-bond donors (Lipinski definition) is 1. The van der Waals surface area contributed by atoms with E-state index in [1.54, 1.807) is 0 Å². The van der Waals surface area contributed by atoms with E-state index in [9.17, 15) is 4.79 Å². The zero-order chi connectivity index (χ0) is 13.5. The minimum Gasteiger partial charge on any atom is -0.381 e. The standard InChI is InChI=1S/C14H25N3O2/c1-16(11-3-7-19-8-4-11)13(18)17-9-12(15)14(10-17)5-2-6-14/h11-12H,2-10,15H2,1H3. The van der Waals surface area contributed by atoms with Crippen molar-refractivity contribution in [3.63, 3.8) is 0 Å². The lowest BCUT2D eigenvalue weighted by atomic mass is 9.66. The van der Waals surface area contributed by atoms with Crippen LogP contribution in [0.1, 0.15) is 32.1 Å². The molecule has 2 amide bonds. The summed E-state index contributed by atoms with van der Waals surface area (Å²) in [6.45, 7) is 3.13. The van der Waals surface area contributed by atoms with Crippen LogP contribution < -0.4 is 5.73 Å². The van der Waals surface area contributed by atoms with Gasteiger partial charge in [-0.05, 0) is 25.7 Å². The Kier molecular flexibility index (Phi) is 3.43. The molecule has 0 aromatic heterocycles. The largest absolute Gasteiger partial charge is 0.381 e. The van der Waals surface area contributed by atoms with Crippen LogP contribution in [0.2, 0.25) is 0 Å². The highest BCUT2D eigenvalue weighted by molar-refractivity contribution is 5.75. The minimum atomic E-state index is 0.158. The van der Waals surface area contributed by atoms with Gasteiger partial charge in [-0.1, -0.05) is 6.42 Å². The molecule has 3 rings (SSSR count). The molecule has 1 saturated carbocycles. The topological polar surface area (TPSA) is 58.8 Å². The van der Waals surface area contributed by atoms with Crippen LogP contribution in [-0.2, 0) is 4.74 Å². The maximum atomic E-state index is 12.6. The summed E-state index contributed by atoms with van der Waals surface area (Å²) in [6, 6.07) is 0.662. The Morgan fingerprint density at radius 3 is 2.58 bits per heavy atom. The first kappa shape index (κ1) is 13.2. The van der Waals surface area contributed by atoms with Gasteiger partial charge < -0.3 is 20.3 Å². The second-order valence-corrected chi connectivity index (χ2v) is 6.44. The molecule has 2 N–H and O–H groups in total. The normalized spacial score (nSPS) is 30.4. The molecule has 1 spiro atoms. The first-order valence-corrected chi connectivity index (χ1v) is 7.47. The van der Waals surface area contributed by atoms with Gasteiger partial charge in [-0.2, -0.15) is 0 Å². The monoisotopic (exact) mass is 267 g/mol. The smallest absolute Gasteiger partial charge is 0.320 e. The van der Waals surface area contributed by atoms with Crippen molar-refractivity contribution in [3.05, 3.63) is 0 Å². The third-order valence-electron chi connectivity index (χ3n) is 5.37. The predicted octanol–water partition coefficient (Wildman–Crippen LogP) is 1.03. The van der Waals surface area contributed by atoms with E-state index >= 15 is 0 Å². The molecule has 0 aromatic rings. The number of carbonyl (C=O) groups is 1.